The van der Waals surface area contributed by atoms with Crippen molar-refractivity contribution in [3.05, 3.63) is 54.1 Å². The third-order valence-electron chi connectivity index (χ3n) is 5.68. The van der Waals surface area contributed by atoms with Gasteiger partial charge in [0.05, 0.1) is 17.6 Å². The van der Waals surface area contributed by atoms with E-state index >= 15 is 0 Å². The van der Waals surface area contributed by atoms with Gasteiger partial charge in [-0.3, -0.25) is 9.59 Å². The van der Waals surface area contributed by atoms with Crippen LogP contribution in [0.15, 0.2) is 48.5 Å². The molecule has 0 aromatic heterocycles. The summed E-state index contributed by atoms with van der Waals surface area (Å²) >= 11 is 0. The zero-order valence-electron chi connectivity index (χ0n) is 15.6. The molecule has 1 aliphatic carbocycles. The molecule has 1 heterocycles. The fourth-order valence-corrected chi connectivity index (χ4v) is 4.11. The van der Waals surface area contributed by atoms with Crippen molar-refractivity contribution >= 4 is 11.9 Å². The molecule has 142 valence electrons. The number of carbonyl (C=O) groups is 2. The second kappa shape index (κ2) is 7.85. The van der Waals surface area contributed by atoms with Crippen molar-refractivity contribution in [3.63, 3.8) is 0 Å². The molecule has 0 bridgehead atoms. The predicted molar refractivity (Wildman–Crippen MR) is 104 cm³/mol. The minimum atomic E-state index is -0.383. The Morgan fingerprint density at radius 1 is 1.00 bits per heavy atom. The molecule has 1 amide bonds. The number of carbonyl (C=O) groups excluding carboxylic acids is 2. The van der Waals surface area contributed by atoms with Gasteiger partial charge in [-0.15, -0.1) is 0 Å². The Bertz CT molecular complexity index is 906. The highest BCUT2D eigenvalue weighted by molar-refractivity contribution is 5.88. The van der Waals surface area contributed by atoms with Crippen LogP contribution in [0.1, 0.15) is 37.7 Å². The van der Waals surface area contributed by atoms with Gasteiger partial charge in [0.2, 0.25) is 5.91 Å². The average Bonchev–Trinajstić information content (AvgIpc) is 3.38. The molecule has 1 unspecified atom stereocenters. The van der Waals surface area contributed by atoms with Gasteiger partial charge in [0.15, 0.2) is 0 Å². The molecule has 5 nitrogen and oxygen atoms in total. The van der Waals surface area contributed by atoms with Gasteiger partial charge in [0.1, 0.15) is 5.75 Å². The van der Waals surface area contributed by atoms with E-state index in [4.69, 9.17) is 10.00 Å². The van der Waals surface area contributed by atoms with Crippen molar-refractivity contribution in [2.45, 2.75) is 38.1 Å². The molecular formula is C23H22N2O3. The van der Waals surface area contributed by atoms with Crippen LogP contribution in [0.5, 0.6) is 5.75 Å². The van der Waals surface area contributed by atoms with Crippen LogP contribution in [-0.4, -0.2) is 29.4 Å². The third kappa shape index (κ3) is 3.77. The Morgan fingerprint density at radius 3 is 2.21 bits per heavy atom. The zero-order chi connectivity index (χ0) is 19.5. The SMILES string of the molecule is N#Cc1ccc(-c2ccc(OC(=O)C3CC(=O)N(C4CCCC4)C3)cc2)cc1. The maximum atomic E-state index is 12.5. The van der Waals surface area contributed by atoms with Crippen molar-refractivity contribution in [3.8, 4) is 22.9 Å². The Hall–Kier alpha value is -3.13. The molecule has 1 saturated heterocycles. The van der Waals surface area contributed by atoms with Crippen LogP contribution in [0.25, 0.3) is 11.1 Å². The second-order valence-electron chi connectivity index (χ2n) is 7.52. The van der Waals surface area contributed by atoms with E-state index in [1.54, 1.807) is 24.3 Å². The molecule has 0 radical (unpaired) electrons. The number of hydrogen-bond donors (Lipinski definition) is 0. The van der Waals surface area contributed by atoms with Crippen LogP contribution >= 0.6 is 0 Å². The van der Waals surface area contributed by atoms with E-state index in [2.05, 4.69) is 6.07 Å². The smallest absolute Gasteiger partial charge is 0.316 e. The van der Waals surface area contributed by atoms with Gasteiger partial charge in [0.25, 0.3) is 0 Å². The van der Waals surface area contributed by atoms with Crippen LogP contribution < -0.4 is 4.74 Å². The molecule has 1 saturated carbocycles. The zero-order valence-corrected chi connectivity index (χ0v) is 15.6. The highest BCUT2D eigenvalue weighted by atomic mass is 16.5. The molecule has 2 fully saturated rings. The number of benzene rings is 2. The van der Waals surface area contributed by atoms with Gasteiger partial charge in [-0.05, 0) is 48.2 Å². The normalized spacial score (nSPS) is 19.6. The minimum Gasteiger partial charge on any atom is -0.426 e. The van der Waals surface area contributed by atoms with Crippen molar-refractivity contribution in [2.24, 2.45) is 5.92 Å². The monoisotopic (exact) mass is 374 g/mol. The largest absolute Gasteiger partial charge is 0.426 e. The molecule has 2 aromatic carbocycles. The average molecular weight is 374 g/mol. The van der Waals surface area contributed by atoms with E-state index in [1.807, 2.05) is 29.2 Å². The van der Waals surface area contributed by atoms with Crippen molar-refractivity contribution in [1.82, 2.24) is 4.90 Å². The number of nitrogens with zero attached hydrogens (tertiary/aromatic N) is 2. The second-order valence-corrected chi connectivity index (χ2v) is 7.52. The van der Waals surface area contributed by atoms with E-state index in [9.17, 15) is 9.59 Å². The number of rotatable bonds is 4. The van der Waals surface area contributed by atoms with E-state index < -0.39 is 0 Å². The summed E-state index contributed by atoms with van der Waals surface area (Å²) in [7, 11) is 0. The van der Waals surface area contributed by atoms with Crippen molar-refractivity contribution in [2.75, 3.05) is 6.54 Å². The lowest BCUT2D eigenvalue weighted by atomic mass is 10.0. The van der Waals surface area contributed by atoms with E-state index in [0.29, 0.717) is 23.9 Å². The lowest BCUT2D eigenvalue weighted by molar-refractivity contribution is -0.139. The topological polar surface area (TPSA) is 70.4 Å². The molecule has 2 aliphatic rings. The number of likely N-dealkylation sites (tertiary alicyclic amines) is 1. The van der Waals surface area contributed by atoms with Gasteiger partial charge >= 0.3 is 5.97 Å². The molecule has 1 atom stereocenters. The molecular weight excluding hydrogens is 352 g/mol. The van der Waals surface area contributed by atoms with Crippen LogP contribution in [0.4, 0.5) is 0 Å². The summed E-state index contributed by atoms with van der Waals surface area (Å²) < 4.78 is 5.52. The fraction of sp³-hybridized carbons (Fsp3) is 0.348. The number of hydrogen-bond acceptors (Lipinski definition) is 4. The number of ether oxygens (including phenoxy) is 1. The molecule has 5 heteroatoms. The molecule has 28 heavy (non-hydrogen) atoms. The lowest BCUT2D eigenvalue weighted by Crippen LogP contribution is -2.35. The highest BCUT2D eigenvalue weighted by Crippen LogP contribution is 2.30. The summed E-state index contributed by atoms with van der Waals surface area (Å²) in [4.78, 5) is 26.7. The first-order valence-electron chi connectivity index (χ1n) is 9.76. The fourth-order valence-electron chi connectivity index (χ4n) is 4.11. The molecule has 0 N–H and O–H groups in total. The van der Waals surface area contributed by atoms with E-state index in [0.717, 1.165) is 36.8 Å². The standard InChI is InChI=1S/C23H22N2O3/c24-14-16-5-7-17(8-6-16)18-9-11-21(12-10-18)28-23(27)19-13-22(26)25(15-19)20-3-1-2-4-20/h5-12,19-20H,1-4,13,15H2. The summed E-state index contributed by atoms with van der Waals surface area (Å²) in [6, 6.07) is 17.0. The lowest BCUT2D eigenvalue weighted by Gasteiger charge is -2.23. The first kappa shape index (κ1) is 18.2. The summed E-state index contributed by atoms with van der Waals surface area (Å²) in [5.74, 6) is -0.162. The summed E-state index contributed by atoms with van der Waals surface area (Å²) in [5, 5.41) is 8.88. The van der Waals surface area contributed by atoms with Gasteiger partial charge < -0.3 is 9.64 Å². The van der Waals surface area contributed by atoms with Crippen LogP contribution in [0, 0.1) is 17.2 Å². The van der Waals surface area contributed by atoms with E-state index in [1.165, 1.54) is 0 Å². The van der Waals surface area contributed by atoms with Crippen LogP contribution in [0.3, 0.4) is 0 Å². The van der Waals surface area contributed by atoms with Gasteiger partial charge in [-0.2, -0.15) is 5.26 Å². The number of esters is 1. The quantitative estimate of drug-likeness (QED) is 0.601. The summed E-state index contributed by atoms with van der Waals surface area (Å²) in [6.07, 6.45) is 4.66. The van der Waals surface area contributed by atoms with Crippen molar-refractivity contribution < 1.29 is 14.3 Å². The Balaban J connectivity index is 1.38. The van der Waals surface area contributed by atoms with Crippen molar-refractivity contribution in [1.29, 1.82) is 5.26 Å². The Morgan fingerprint density at radius 2 is 1.61 bits per heavy atom. The first-order valence-corrected chi connectivity index (χ1v) is 9.76. The predicted octanol–water partition coefficient (Wildman–Crippen LogP) is 3.92. The first-order chi connectivity index (χ1) is 13.6. The molecule has 2 aromatic rings. The van der Waals surface area contributed by atoms with Gasteiger partial charge in [-0.1, -0.05) is 37.1 Å². The number of nitriles is 1. The highest BCUT2D eigenvalue weighted by Gasteiger charge is 2.39. The molecule has 1 aliphatic heterocycles. The Labute approximate surface area is 164 Å². The molecule has 0 spiro atoms. The van der Waals surface area contributed by atoms with Gasteiger partial charge in [-0.25, -0.2) is 0 Å². The Kier molecular flexibility index (Phi) is 5.12. The minimum absolute atomic E-state index is 0.0741. The van der Waals surface area contributed by atoms with E-state index in [-0.39, 0.29) is 24.2 Å². The van der Waals surface area contributed by atoms with Crippen LogP contribution in [-0.2, 0) is 9.59 Å². The maximum Gasteiger partial charge on any atom is 0.316 e. The van der Waals surface area contributed by atoms with Crippen LogP contribution in [0.2, 0.25) is 0 Å². The summed E-state index contributed by atoms with van der Waals surface area (Å²) in [5.41, 5.74) is 2.59. The number of amides is 1. The third-order valence-corrected chi connectivity index (χ3v) is 5.68. The summed E-state index contributed by atoms with van der Waals surface area (Å²) in [6.45, 7) is 0.478. The molecule has 4 rings (SSSR count). The maximum absolute atomic E-state index is 12.5. The van der Waals surface area contributed by atoms with Gasteiger partial charge in [0, 0.05) is 19.0 Å².